The third kappa shape index (κ3) is 4.26. The van der Waals surface area contributed by atoms with Gasteiger partial charge in [-0.15, -0.1) is 0 Å². The molecule has 5 aromatic rings. The minimum atomic E-state index is -0.129. The molecule has 39 heavy (non-hydrogen) atoms. The molecule has 2 N–H and O–H groups in total. The molecule has 1 saturated heterocycles. The van der Waals surface area contributed by atoms with Crippen LogP contribution in [0.2, 0.25) is 0 Å². The Labute approximate surface area is 226 Å². The van der Waals surface area contributed by atoms with Crippen LogP contribution in [0.5, 0.6) is 0 Å². The zero-order valence-electron chi connectivity index (χ0n) is 21.9. The monoisotopic (exact) mass is 518 g/mol. The highest BCUT2D eigenvalue weighted by molar-refractivity contribution is 6.05. The van der Waals surface area contributed by atoms with Gasteiger partial charge in [0.25, 0.3) is 5.91 Å². The Morgan fingerprint density at radius 3 is 2.59 bits per heavy atom. The molecule has 8 nitrogen and oxygen atoms in total. The van der Waals surface area contributed by atoms with Gasteiger partial charge >= 0.3 is 0 Å². The van der Waals surface area contributed by atoms with Crippen LogP contribution in [0, 0.1) is 11.8 Å². The summed E-state index contributed by atoms with van der Waals surface area (Å²) in [5, 5.41) is 11.0. The normalized spacial score (nSPS) is 17.3. The van der Waals surface area contributed by atoms with Gasteiger partial charge in [0.15, 0.2) is 0 Å². The molecule has 1 aliphatic carbocycles. The van der Waals surface area contributed by atoms with E-state index in [4.69, 9.17) is 4.98 Å². The van der Waals surface area contributed by atoms with Crippen molar-refractivity contribution < 1.29 is 9.59 Å². The molecule has 0 spiro atoms. The molecule has 2 aromatic heterocycles. The number of fused-ring (bicyclic) bond motifs is 2. The second-order valence-corrected chi connectivity index (χ2v) is 10.8. The summed E-state index contributed by atoms with van der Waals surface area (Å²) in [6.07, 6.45) is 4.84. The molecule has 1 saturated carbocycles. The first-order chi connectivity index (χ1) is 19.1. The van der Waals surface area contributed by atoms with Crippen LogP contribution >= 0.6 is 0 Å². The number of H-pyrrole nitrogens is 1. The van der Waals surface area contributed by atoms with Crippen molar-refractivity contribution in [3.63, 3.8) is 0 Å². The van der Waals surface area contributed by atoms with E-state index in [1.807, 2.05) is 35.4 Å². The number of amides is 2. The minimum Gasteiger partial charge on any atom is -0.355 e. The molecule has 3 aromatic carbocycles. The topological polar surface area (TPSA) is 95.9 Å². The largest absolute Gasteiger partial charge is 0.355 e. The van der Waals surface area contributed by atoms with Gasteiger partial charge in [0, 0.05) is 43.5 Å². The van der Waals surface area contributed by atoms with Crippen molar-refractivity contribution >= 4 is 33.8 Å². The van der Waals surface area contributed by atoms with Crippen LogP contribution in [0.4, 0.5) is 0 Å². The average molecular weight is 519 g/mol. The van der Waals surface area contributed by atoms with E-state index in [0.29, 0.717) is 23.9 Å². The highest BCUT2D eigenvalue weighted by atomic mass is 16.2. The summed E-state index contributed by atoms with van der Waals surface area (Å²) in [5.74, 6) is 1.56. The van der Waals surface area contributed by atoms with E-state index in [2.05, 4.69) is 56.5 Å². The number of hydrogen-bond acceptors (Lipinski definition) is 4. The fraction of sp³-hybridized carbons (Fsp3) is 0.290. The standard InChI is InChI=1S/C31H30N6O2/c1-32-30(38)25-3-2-4-27-28(25)37(18-19-13-14-36(17-19)31(39)22-9-10-22)29(34-27)21-7-5-20(6-8-21)23-11-12-26-24(15-23)16-33-35-26/h2-8,11-12,15-16,19,22H,9-10,13-14,17-18H2,1H3,(H,32,38)(H,33,35). The maximum atomic E-state index is 12.8. The third-order valence-corrected chi connectivity index (χ3v) is 8.12. The van der Waals surface area contributed by atoms with Crippen molar-refractivity contribution in [2.24, 2.45) is 11.8 Å². The number of para-hydroxylation sites is 1. The number of rotatable bonds is 6. The van der Waals surface area contributed by atoms with Crippen LogP contribution in [0.1, 0.15) is 29.6 Å². The maximum Gasteiger partial charge on any atom is 0.253 e. The van der Waals surface area contributed by atoms with Gasteiger partial charge in [-0.1, -0.05) is 36.4 Å². The number of imidazole rings is 1. The number of aromatic amines is 1. The Kier molecular flexibility index (Phi) is 5.68. The lowest BCUT2D eigenvalue weighted by Gasteiger charge is -2.18. The lowest BCUT2D eigenvalue weighted by atomic mass is 10.0. The Bertz CT molecular complexity index is 1710. The molecule has 8 heteroatoms. The Balaban J connectivity index is 1.26. The summed E-state index contributed by atoms with van der Waals surface area (Å²) in [5.41, 5.74) is 6.49. The summed E-state index contributed by atoms with van der Waals surface area (Å²) in [6, 6.07) is 20.4. The molecule has 0 bridgehead atoms. The van der Waals surface area contributed by atoms with E-state index >= 15 is 0 Å². The van der Waals surface area contributed by atoms with Crippen molar-refractivity contribution in [3.05, 3.63) is 72.4 Å². The number of nitrogens with one attached hydrogen (secondary N) is 2. The van der Waals surface area contributed by atoms with Crippen LogP contribution in [-0.4, -0.2) is 56.6 Å². The van der Waals surface area contributed by atoms with Gasteiger partial charge in [0.05, 0.1) is 28.3 Å². The molecule has 7 rings (SSSR count). The molecule has 0 radical (unpaired) electrons. The Hall–Kier alpha value is -4.46. The first-order valence-electron chi connectivity index (χ1n) is 13.6. The van der Waals surface area contributed by atoms with Crippen molar-refractivity contribution in [1.82, 2.24) is 30.0 Å². The smallest absolute Gasteiger partial charge is 0.253 e. The number of hydrogen-bond donors (Lipinski definition) is 2. The number of benzene rings is 3. The molecule has 1 atom stereocenters. The van der Waals surface area contributed by atoms with E-state index in [0.717, 1.165) is 76.8 Å². The minimum absolute atomic E-state index is 0.129. The second kappa shape index (κ2) is 9.38. The number of carbonyl (C=O) groups is 2. The fourth-order valence-electron chi connectivity index (χ4n) is 5.86. The van der Waals surface area contributed by atoms with E-state index in [1.54, 1.807) is 7.05 Å². The summed E-state index contributed by atoms with van der Waals surface area (Å²) < 4.78 is 2.20. The second-order valence-electron chi connectivity index (χ2n) is 10.8. The first kappa shape index (κ1) is 23.6. The molecule has 1 unspecified atom stereocenters. The zero-order valence-corrected chi connectivity index (χ0v) is 21.9. The quantitative estimate of drug-likeness (QED) is 0.335. The van der Waals surface area contributed by atoms with Gasteiger partial charge in [-0.05, 0) is 60.6 Å². The summed E-state index contributed by atoms with van der Waals surface area (Å²) in [6.45, 7) is 2.26. The lowest BCUT2D eigenvalue weighted by molar-refractivity contribution is -0.131. The van der Waals surface area contributed by atoms with Crippen LogP contribution in [0.25, 0.3) is 44.5 Å². The molecule has 1 aliphatic heterocycles. The predicted octanol–water partition coefficient (Wildman–Crippen LogP) is 4.86. The predicted molar refractivity (Wildman–Crippen MR) is 151 cm³/mol. The summed E-state index contributed by atoms with van der Waals surface area (Å²) in [4.78, 5) is 32.6. The maximum absolute atomic E-state index is 12.8. The molecule has 2 amide bonds. The van der Waals surface area contributed by atoms with E-state index in [-0.39, 0.29) is 11.8 Å². The number of nitrogens with zero attached hydrogens (tertiary/aromatic N) is 4. The van der Waals surface area contributed by atoms with Crippen LogP contribution < -0.4 is 5.32 Å². The van der Waals surface area contributed by atoms with Crippen LogP contribution in [0.3, 0.4) is 0 Å². The average Bonchev–Trinajstić information content (AvgIpc) is 3.36. The first-order valence-corrected chi connectivity index (χ1v) is 13.6. The van der Waals surface area contributed by atoms with Gasteiger partial charge in [0.1, 0.15) is 5.82 Å². The highest BCUT2D eigenvalue weighted by Gasteiger charge is 2.37. The van der Waals surface area contributed by atoms with Crippen molar-refractivity contribution in [3.8, 4) is 22.5 Å². The zero-order chi connectivity index (χ0) is 26.5. The van der Waals surface area contributed by atoms with Crippen LogP contribution in [0.15, 0.2) is 66.9 Å². The molecule has 2 fully saturated rings. The van der Waals surface area contributed by atoms with E-state index in [9.17, 15) is 9.59 Å². The van der Waals surface area contributed by atoms with Crippen molar-refractivity contribution in [2.45, 2.75) is 25.8 Å². The Morgan fingerprint density at radius 2 is 1.79 bits per heavy atom. The molecule has 2 aliphatic rings. The van der Waals surface area contributed by atoms with Crippen molar-refractivity contribution in [1.29, 1.82) is 0 Å². The summed E-state index contributed by atoms with van der Waals surface area (Å²) >= 11 is 0. The summed E-state index contributed by atoms with van der Waals surface area (Å²) in [7, 11) is 1.65. The van der Waals surface area contributed by atoms with Gasteiger partial charge in [-0.2, -0.15) is 5.10 Å². The highest BCUT2D eigenvalue weighted by Crippen LogP contribution is 2.35. The van der Waals surface area contributed by atoms with Gasteiger partial charge in [-0.25, -0.2) is 4.98 Å². The number of carbonyl (C=O) groups excluding carboxylic acids is 2. The van der Waals surface area contributed by atoms with E-state index < -0.39 is 0 Å². The van der Waals surface area contributed by atoms with Gasteiger partial charge in [-0.3, -0.25) is 14.7 Å². The number of aromatic nitrogens is 4. The van der Waals surface area contributed by atoms with Crippen LogP contribution in [-0.2, 0) is 11.3 Å². The SMILES string of the molecule is CNC(=O)c1cccc2nc(-c3ccc(-c4ccc5[nH]ncc5c4)cc3)n(CC3CCN(C(=O)C4CC4)C3)c12. The van der Waals surface area contributed by atoms with Crippen molar-refractivity contribution in [2.75, 3.05) is 20.1 Å². The molecular formula is C31H30N6O2. The third-order valence-electron chi connectivity index (χ3n) is 8.12. The fourth-order valence-corrected chi connectivity index (χ4v) is 5.86. The molecular weight excluding hydrogens is 488 g/mol. The van der Waals surface area contributed by atoms with Gasteiger partial charge in [0.2, 0.25) is 5.91 Å². The Morgan fingerprint density at radius 1 is 1.00 bits per heavy atom. The van der Waals surface area contributed by atoms with Gasteiger partial charge < -0.3 is 14.8 Å². The van der Waals surface area contributed by atoms with E-state index in [1.165, 1.54) is 0 Å². The molecule has 3 heterocycles. The molecule has 196 valence electrons. The number of likely N-dealkylation sites (tertiary alicyclic amines) is 1. The lowest BCUT2D eigenvalue weighted by Crippen LogP contribution is -2.30.